The summed E-state index contributed by atoms with van der Waals surface area (Å²) in [6.45, 7) is 1.87. The van der Waals surface area contributed by atoms with Gasteiger partial charge in [0.15, 0.2) is 5.16 Å². The number of hydrogen-bond donors (Lipinski definition) is 2. The molecule has 1 atom stereocenters. The number of nitrogen functional groups attached to an aromatic ring is 1. The second-order valence-electron chi connectivity index (χ2n) is 4.34. The van der Waals surface area contributed by atoms with Crippen molar-refractivity contribution in [1.29, 1.82) is 0 Å². The van der Waals surface area contributed by atoms with Crippen LogP contribution < -0.4 is 11.1 Å². The largest absolute Gasteiger partial charge is 0.368 e. The number of carbonyl (C=O) groups is 1. The Balaban J connectivity index is 2.22. The number of carbonyl (C=O) groups excluding carboxylic acids is 1. The fourth-order valence-corrected chi connectivity index (χ4v) is 2.50. The molecule has 2 aromatic rings. The number of rotatable bonds is 5. The van der Waals surface area contributed by atoms with Crippen LogP contribution in [0.15, 0.2) is 29.4 Å². The summed E-state index contributed by atoms with van der Waals surface area (Å²) in [5, 5.41) is 11.0. The molecule has 2 rings (SSSR count). The normalized spacial score (nSPS) is 12.1. The molecule has 1 amide bonds. The van der Waals surface area contributed by atoms with Gasteiger partial charge in [0.25, 0.3) is 0 Å². The van der Waals surface area contributed by atoms with Gasteiger partial charge in [-0.3, -0.25) is 9.36 Å². The van der Waals surface area contributed by atoms with Gasteiger partial charge in [0.2, 0.25) is 11.9 Å². The molecule has 8 heteroatoms. The van der Waals surface area contributed by atoms with Gasteiger partial charge in [-0.15, -0.1) is 10.2 Å². The number of halogens is 1. The van der Waals surface area contributed by atoms with Gasteiger partial charge >= 0.3 is 0 Å². The van der Waals surface area contributed by atoms with Crippen LogP contribution in [-0.2, 0) is 4.79 Å². The number of benzene rings is 1. The standard InChI is InChI=1S/C13H16FN5OS/c1-3-10(19-12(15)17-18-13(19)21-2)11(20)16-9-6-4-8(14)5-7-9/h4-7,10H,3H2,1-2H3,(H2,15,17)(H,16,20). The van der Waals surface area contributed by atoms with Gasteiger partial charge in [0, 0.05) is 5.69 Å². The van der Waals surface area contributed by atoms with Gasteiger partial charge in [-0.05, 0) is 36.9 Å². The molecule has 1 aromatic heterocycles. The van der Waals surface area contributed by atoms with Crippen molar-refractivity contribution in [2.24, 2.45) is 0 Å². The van der Waals surface area contributed by atoms with Crippen LogP contribution in [0, 0.1) is 5.82 Å². The van der Waals surface area contributed by atoms with Crippen LogP contribution in [0.1, 0.15) is 19.4 Å². The molecule has 0 aliphatic rings. The zero-order valence-electron chi connectivity index (χ0n) is 11.7. The van der Waals surface area contributed by atoms with Crippen molar-refractivity contribution in [3.05, 3.63) is 30.1 Å². The van der Waals surface area contributed by atoms with Crippen LogP contribution in [0.4, 0.5) is 16.0 Å². The molecular formula is C13H16FN5OS. The number of nitrogens with zero attached hydrogens (tertiary/aromatic N) is 3. The lowest BCUT2D eigenvalue weighted by Gasteiger charge is -2.18. The molecule has 1 aromatic carbocycles. The Morgan fingerprint density at radius 2 is 2.10 bits per heavy atom. The number of nitrogens with one attached hydrogen (secondary N) is 1. The van der Waals surface area contributed by atoms with Gasteiger partial charge in [0.05, 0.1) is 0 Å². The molecule has 1 unspecified atom stereocenters. The van der Waals surface area contributed by atoms with E-state index in [0.717, 1.165) is 0 Å². The first-order valence-corrected chi connectivity index (χ1v) is 7.60. The Morgan fingerprint density at radius 1 is 1.43 bits per heavy atom. The summed E-state index contributed by atoms with van der Waals surface area (Å²) in [5.74, 6) is -0.404. The highest BCUT2D eigenvalue weighted by atomic mass is 32.2. The molecule has 6 nitrogen and oxygen atoms in total. The molecule has 21 heavy (non-hydrogen) atoms. The molecule has 0 aliphatic carbocycles. The van der Waals surface area contributed by atoms with E-state index < -0.39 is 6.04 Å². The molecule has 0 aliphatic heterocycles. The van der Waals surface area contributed by atoms with E-state index in [-0.39, 0.29) is 17.7 Å². The number of anilines is 2. The monoisotopic (exact) mass is 309 g/mol. The summed E-state index contributed by atoms with van der Waals surface area (Å²) in [7, 11) is 0. The molecule has 112 valence electrons. The van der Waals surface area contributed by atoms with E-state index in [4.69, 9.17) is 5.73 Å². The Kier molecular flexibility index (Phi) is 4.79. The predicted molar refractivity (Wildman–Crippen MR) is 80.6 cm³/mol. The lowest BCUT2D eigenvalue weighted by molar-refractivity contribution is -0.119. The first kappa shape index (κ1) is 15.3. The highest BCUT2D eigenvalue weighted by Crippen LogP contribution is 2.24. The maximum absolute atomic E-state index is 12.9. The lowest BCUT2D eigenvalue weighted by atomic mass is 10.2. The van der Waals surface area contributed by atoms with E-state index in [1.807, 2.05) is 13.2 Å². The Morgan fingerprint density at radius 3 is 2.67 bits per heavy atom. The topological polar surface area (TPSA) is 85.8 Å². The van der Waals surface area contributed by atoms with Crippen LogP contribution in [0.3, 0.4) is 0 Å². The minimum absolute atomic E-state index is 0.195. The van der Waals surface area contributed by atoms with Crippen molar-refractivity contribution >= 4 is 29.3 Å². The van der Waals surface area contributed by atoms with Crippen LogP contribution >= 0.6 is 11.8 Å². The number of nitrogens with two attached hydrogens (primary N) is 1. The Bertz CT molecular complexity index is 628. The van der Waals surface area contributed by atoms with Crippen LogP contribution in [0.25, 0.3) is 0 Å². The maximum atomic E-state index is 12.9. The first-order valence-electron chi connectivity index (χ1n) is 6.37. The maximum Gasteiger partial charge on any atom is 0.247 e. The SMILES string of the molecule is CCC(C(=O)Nc1ccc(F)cc1)n1c(N)nnc1SC. The highest BCUT2D eigenvalue weighted by Gasteiger charge is 2.24. The molecule has 0 bridgehead atoms. The Labute approximate surface area is 125 Å². The third kappa shape index (κ3) is 3.33. The zero-order chi connectivity index (χ0) is 15.4. The van der Waals surface area contributed by atoms with Gasteiger partial charge in [-0.1, -0.05) is 18.7 Å². The van der Waals surface area contributed by atoms with Crippen LogP contribution in [-0.4, -0.2) is 26.9 Å². The quantitative estimate of drug-likeness (QED) is 0.828. The van der Waals surface area contributed by atoms with E-state index in [2.05, 4.69) is 15.5 Å². The fraction of sp³-hybridized carbons (Fsp3) is 0.308. The van der Waals surface area contributed by atoms with Gasteiger partial charge < -0.3 is 11.1 Å². The summed E-state index contributed by atoms with van der Waals surface area (Å²) < 4.78 is 14.5. The average molecular weight is 309 g/mol. The predicted octanol–water partition coefficient (Wildman–Crippen LogP) is 2.31. The van der Waals surface area contributed by atoms with Crippen molar-refractivity contribution in [1.82, 2.24) is 14.8 Å². The van der Waals surface area contributed by atoms with Gasteiger partial charge in [0.1, 0.15) is 11.9 Å². The summed E-state index contributed by atoms with van der Waals surface area (Å²) >= 11 is 1.37. The second-order valence-corrected chi connectivity index (χ2v) is 5.11. The second kappa shape index (κ2) is 6.57. The molecule has 0 radical (unpaired) electrons. The summed E-state index contributed by atoms with van der Waals surface area (Å²) in [6.07, 6.45) is 2.37. The van der Waals surface area contributed by atoms with Gasteiger partial charge in [-0.25, -0.2) is 4.39 Å². The summed E-state index contributed by atoms with van der Waals surface area (Å²) in [5.41, 5.74) is 6.32. The fourth-order valence-electron chi connectivity index (χ4n) is 1.96. The highest BCUT2D eigenvalue weighted by molar-refractivity contribution is 7.98. The van der Waals surface area contributed by atoms with E-state index in [1.165, 1.54) is 36.0 Å². The first-order chi connectivity index (χ1) is 10.1. The number of thioether (sulfide) groups is 1. The van der Waals surface area contributed by atoms with E-state index >= 15 is 0 Å². The molecule has 0 saturated carbocycles. The minimum atomic E-state index is -0.521. The van der Waals surface area contributed by atoms with Crippen molar-refractivity contribution < 1.29 is 9.18 Å². The van der Waals surface area contributed by atoms with Crippen LogP contribution in [0.5, 0.6) is 0 Å². The smallest absolute Gasteiger partial charge is 0.247 e. The number of amides is 1. The average Bonchev–Trinajstić information content (AvgIpc) is 2.84. The molecule has 1 heterocycles. The van der Waals surface area contributed by atoms with Crippen molar-refractivity contribution in [2.45, 2.75) is 24.5 Å². The Hall–Kier alpha value is -2.09. The number of hydrogen-bond acceptors (Lipinski definition) is 5. The summed E-state index contributed by atoms with van der Waals surface area (Å²) in [6, 6.07) is 5.07. The van der Waals surface area contributed by atoms with E-state index in [9.17, 15) is 9.18 Å². The lowest BCUT2D eigenvalue weighted by Crippen LogP contribution is -2.27. The molecule has 3 N–H and O–H groups in total. The van der Waals surface area contributed by atoms with Crippen molar-refractivity contribution in [3.63, 3.8) is 0 Å². The molecular weight excluding hydrogens is 293 g/mol. The third-order valence-electron chi connectivity index (χ3n) is 2.99. The van der Waals surface area contributed by atoms with E-state index in [1.54, 1.807) is 4.57 Å². The molecule has 0 fully saturated rings. The van der Waals surface area contributed by atoms with Crippen molar-refractivity contribution in [3.8, 4) is 0 Å². The van der Waals surface area contributed by atoms with Crippen molar-refractivity contribution in [2.75, 3.05) is 17.3 Å². The number of aromatic nitrogens is 3. The van der Waals surface area contributed by atoms with Crippen LogP contribution in [0.2, 0.25) is 0 Å². The van der Waals surface area contributed by atoms with Gasteiger partial charge in [-0.2, -0.15) is 0 Å². The third-order valence-corrected chi connectivity index (χ3v) is 3.63. The zero-order valence-corrected chi connectivity index (χ0v) is 12.5. The molecule has 0 spiro atoms. The van der Waals surface area contributed by atoms with E-state index in [0.29, 0.717) is 17.3 Å². The molecule has 0 saturated heterocycles. The minimum Gasteiger partial charge on any atom is -0.368 e. The summed E-state index contributed by atoms with van der Waals surface area (Å²) in [4.78, 5) is 12.4.